The zero-order chi connectivity index (χ0) is 14.1. The lowest BCUT2D eigenvalue weighted by atomic mass is 9.92. The number of nitrogens with one attached hydrogen (secondary N) is 1. The van der Waals surface area contributed by atoms with E-state index in [0.29, 0.717) is 6.04 Å². The summed E-state index contributed by atoms with van der Waals surface area (Å²) < 4.78 is 3.16. The lowest BCUT2D eigenvalue weighted by Gasteiger charge is -2.26. The normalized spacial score (nSPS) is 17.9. The Kier molecular flexibility index (Phi) is 3.83. The van der Waals surface area contributed by atoms with Crippen molar-refractivity contribution in [2.75, 3.05) is 5.32 Å². The second-order valence-electron chi connectivity index (χ2n) is 5.41. The van der Waals surface area contributed by atoms with E-state index in [1.807, 2.05) is 17.9 Å². The predicted molar refractivity (Wildman–Crippen MR) is 86.0 cm³/mol. The minimum absolute atomic E-state index is 0.388. The lowest BCUT2D eigenvalue weighted by Crippen LogP contribution is -2.18. The summed E-state index contributed by atoms with van der Waals surface area (Å²) in [4.78, 5) is 0. The molecule has 0 saturated heterocycles. The van der Waals surface area contributed by atoms with Gasteiger partial charge in [0.2, 0.25) is 0 Å². The van der Waals surface area contributed by atoms with Gasteiger partial charge in [-0.15, -0.1) is 0 Å². The van der Waals surface area contributed by atoms with Crippen LogP contribution in [0.25, 0.3) is 0 Å². The van der Waals surface area contributed by atoms with Gasteiger partial charge in [-0.3, -0.25) is 4.68 Å². The molecule has 20 heavy (non-hydrogen) atoms. The van der Waals surface area contributed by atoms with E-state index in [9.17, 15) is 0 Å². The largest absolute Gasteiger partial charge is 0.378 e. The summed E-state index contributed by atoms with van der Waals surface area (Å²) in [7, 11) is 2.04. The molecule has 2 aromatic rings. The Morgan fingerprint density at radius 2 is 2.30 bits per heavy atom. The molecule has 4 heteroatoms. The molecule has 3 nitrogen and oxygen atoms in total. The number of fused-ring (bicyclic) bond motifs is 1. The monoisotopic (exact) mass is 333 g/mol. The number of aryl methyl sites for hydroxylation is 2. The van der Waals surface area contributed by atoms with Crippen molar-refractivity contribution in [3.05, 3.63) is 45.7 Å². The van der Waals surface area contributed by atoms with E-state index in [0.717, 1.165) is 17.3 Å². The smallest absolute Gasteiger partial charge is 0.0547 e. The minimum Gasteiger partial charge on any atom is -0.378 e. The molecule has 1 aliphatic carbocycles. The van der Waals surface area contributed by atoms with E-state index in [2.05, 4.69) is 51.5 Å². The molecule has 1 aliphatic rings. The molecular formula is C16H20BrN3. The van der Waals surface area contributed by atoms with Crippen molar-refractivity contribution in [1.29, 1.82) is 0 Å². The predicted octanol–water partition coefficient (Wildman–Crippen LogP) is 4.23. The zero-order valence-electron chi connectivity index (χ0n) is 12.0. The van der Waals surface area contributed by atoms with Gasteiger partial charge in [-0.05, 0) is 49.4 Å². The van der Waals surface area contributed by atoms with E-state index in [1.165, 1.54) is 35.3 Å². The number of halogens is 1. The summed E-state index contributed by atoms with van der Waals surface area (Å²) in [5.41, 5.74) is 5.35. The Morgan fingerprint density at radius 1 is 1.45 bits per heavy atom. The van der Waals surface area contributed by atoms with E-state index in [-0.39, 0.29) is 0 Å². The van der Waals surface area contributed by atoms with Gasteiger partial charge in [0, 0.05) is 28.5 Å². The van der Waals surface area contributed by atoms with Crippen LogP contribution in [0.4, 0.5) is 5.69 Å². The fraction of sp³-hybridized carbons (Fsp3) is 0.438. The Hall–Kier alpha value is -1.29. The van der Waals surface area contributed by atoms with Gasteiger partial charge in [0.1, 0.15) is 0 Å². The summed E-state index contributed by atoms with van der Waals surface area (Å²) in [6.07, 6.45) is 6.61. The van der Waals surface area contributed by atoms with Crippen LogP contribution in [0.5, 0.6) is 0 Å². The lowest BCUT2D eigenvalue weighted by molar-refractivity contribution is 0.571. The van der Waals surface area contributed by atoms with Gasteiger partial charge in [-0.2, -0.15) is 5.10 Å². The minimum atomic E-state index is 0.388. The van der Waals surface area contributed by atoms with Gasteiger partial charge in [-0.25, -0.2) is 0 Å². The number of nitrogens with zero attached hydrogens (tertiary/aromatic N) is 2. The maximum absolute atomic E-state index is 4.42. The molecule has 0 saturated carbocycles. The third-order valence-electron chi connectivity index (χ3n) is 4.15. The molecule has 106 valence electrons. The van der Waals surface area contributed by atoms with E-state index < -0.39 is 0 Å². The summed E-state index contributed by atoms with van der Waals surface area (Å²) >= 11 is 3.55. The number of hydrogen-bond acceptors (Lipinski definition) is 2. The summed E-state index contributed by atoms with van der Waals surface area (Å²) in [5, 5.41) is 8.14. The van der Waals surface area contributed by atoms with Crippen LogP contribution < -0.4 is 5.32 Å². The number of rotatable bonds is 3. The van der Waals surface area contributed by atoms with Crippen LogP contribution in [0, 0.1) is 0 Å². The van der Waals surface area contributed by atoms with E-state index in [4.69, 9.17) is 0 Å². The SMILES string of the molecule is CCc1cc(Br)ccc1NC1CCCc2c1cnn2C. The third kappa shape index (κ3) is 2.49. The Bertz CT molecular complexity index is 618. The first-order valence-corrected chi connectivity index (χ1v) is 8.04. The van der Waals surface area contributed by atoms with Gasteiger partial charge in [0.25, 0.3) is 0 Å². The summed E-state index contributed by atoms with van der Waals surface area (Å²) in [6.45, 7) is 2.20. The second kappa shape index (κ2) is 5.60. The number of benzene rings is 1. The van der Waals surface area contributed by atoms with Crippen LogP contribution in [0.1, 0.15) is 42.6 Å². The van der Waals surface area contributed by atoms with Crippen molar-refractivity contribution in [3.63, 3.8) is 0 Å². The fourth-order valence-corrected chi connectivity index (χ4v) is 3.45. The Balaban J connectivity index is 1.89. The molecule has 0 amide bonds. The molecule has 0 spiro atoms. The van der Waals surface area contributed by atoms with Crippen LogP contribution in [0.2, 0.25) is 0 Å². The molecular weight excluding hydrogens is 314 g/mol. The highest BCUT2D eigenvalue weighted by Crippen LogP contribution is 2.33. The van der Waals surface area contributed by atoms with Gasteiger partial charge >= 0.3 is 0 Å². The van der Waals surface area contributed by atoms with Crippen LogP contribution in [0.3, 0.4) is 0 Å². The Labute approximate surface area is 128 Å². The van der Waals surface area contributed by atoms with Crippen molar-refractivity contribution in [3.8, 4) is 0 Å². The average molecular weight is 334 g/mol. The first-order valence-electron chi connectivity index (χ1n) is 7.24. The van der Waals surface area contributed by atoms with Crippen molar-refractivity contribution in [2.24, 2.45) is 7.05 Å². The number of aromatic nitrogens is 2. The molecule has 1 unspecified atom stereocenters. The summed E-state index contributed by atoms with van der Waals surface area (Å²) in [5.74, 6) is 0. The highest BCUT2D eigenvalue weighted by Gasteiger charge is 2.23. The molecule has 0 bridgehead atoms. The molecule has 1 heterocycles. The van der Waals surface area contributed by atoms with E-state index >= 15 is 0 Å². The first kappa shape index (κ1) is 13.7. The fourth-order valence-electron chi connectivity index (χ4n) is 3.04. The molecule has 0 fully saturated rings. The quantitative estimate of drug-likeness (QED) is 0.910. The topological polar surface area (TPSA) is 29.9 Å². The number of hydrogen-bond donors (Lipinski definition) is 1. The van der Waals surface area contributed by atoms with Crippen LogP contribution >= 0.6 is 15.9 Å². The third-order valence-corrected chi connectivity index (χ3v) is 4.65. The van der Waals surface area contributed by atoms with Crippen molar-refractivity contribution in [1.82, 2.24) is 9.78 Å². The van der Waals surface area contributed by atoms with Crippen molar-refractivity contribution in [2.45, 2.75) is 38.6 Å². The molecule has 1 atom stereocenters. The molecule has 0 radical (unpaired) electrons. The Morgan fingerprint density at radius 3 is 3.10 bits per heavy atom. The van der Waals surface area contributed by atoms with Gasteiger partial charge in [-0.1, -0.05) is 22.9 Å². The molecule has 3 rings (SSSR count). The van der Waals surface area contributed by atoms with Gasteiger partial charge in [0.15, 0.2) is 0 Å². The number of anilines is 1. The maximum Gasteiger partial charge on any atom is 0.0547 e. The van der Waals surface area contributed by atoms with Gasteiger partial charge in [0.05, 0.1) is 12.2 Å². The average Bonchev–Trinajstić information content (AvgIpc) is 2.84. The van der Waals surface area contributed by atoms with Crippen molar-refractivity contribution < 1.29 is 0 Å². The highest BCUT2D eigenvalue weighted by atomic mass is 79.9. The molecule has 0 aliphatic heterocycles. The van der Waals surface area contributed by atoms with E-state index in [1.54, 1.807) is 0 Å². The van der Waals surface area contributed by atoms with Gasteiger partial charge < -0.3 is 5.32 Å². The molecule has 1 aromatic heterocycles. The summed E-state index contributed by atoms with van der Waals surface area (Å²) in [6, 6.07) is 6.87. The second-order valence-corrected chi connectivity index (χ2v) is 6.33. The zero-order valence-corrected chi connectivity index (χ0v) is 13.6. The van der Waals surface area contributed by atoms with Crippen molar-refractivity contribution >= 4 is 21.6 Å². The first-order chi connectivity index (χ1) is 9.69. The standard InChI is InChI=1S/C16H20BrN3/c1-3-11-9-12(17)7-8-14(11)19-15-5-4-6-16-13(15)10-18-20(16)2/h7-10,15,19H,3-6H2,1-2H3. The molecule has 1 aromatic carbocycles. The maximum atomic E-state index is 4.42. The molecule has 1 N–H and O–H groups in total. The highest BCUT2D eigenvalue weighted by molar-refractivity contribution is 9.10. The van der Waals surface area contributed by atoms with Crippen LogP contribution in [-0.4, -0.2) is 9.78 Å². The van der Waals surface area contributed by atoms with Crippen LogP contribution in [-0.2, 0) is 19.9 Å². The van der Waals surface area contributed by atoms with Crippen LogP contribution in [0.15, 0.2) is 28.9 Å².